The SMILES string of the molecule is CCCNc1ncnc2c1cnn2C(C)CC. The van der Waals surface area contributed by atoms with Gasteiger partial charge in [-0.05, 0) is 19.8 Å². The summed E-state index contributed by atoms with van der Waals surface area (Å²) in [7, 11) is 0. The van der Waals surface area contributed by atoms with Gasteiger partial charge in [-0.15, -0.1) is 0 Å². The largest absolute Gasteiger partial charge is 0.369 e. The van der Waals surface area contributed by atoms with E-state index in [0.717, 1.165) is 36.2 Å². The Bertz CT molecular complexity index is 491. The van der Waals surface area contributed by atoms with Crippen LogP contribution in [0.5, 0.6) is 0 Å². The third kappa shape index (κ3) is 2.23. The van der Waals surface area contributed by atoms with E-state index in [1.807, 2.05) is 10.9 Å². The number of nitrogens with zero attached hydrogens (tertiary/aromatic N) is 4. The summed E-state index contributed by atoms with van der Waals surface area (Å²) in [6.45, 7) is 7.35. The van der Waals surface area contributed by atoms with E-state index in [0.29, 0.717) is 6.04 Å². The van der Waals surface area contributed by atoms with E-state index >= 15 is 0 Å². The Morgan fingerprint density at radius 2 is 2.18 bits per heavy atom. The summed E-state index contributed by atoms with van der Waals surface area (Å²) in [6.07, 6.45) is 5.56. The van der Waals surface area contributed by atoms with Crippen LogP contribution in [-0.4, -0.2) is 26.3 Å². The zero-order chi connectivity index (χ0) is 12.3. The average Bonchev–Trinajstić information content (AvgIpc) is 2.79. The molecule has 17 heavy (non-hydrogen) atoms. The smallest absolute Gasteiger partial charge is 0.163 e. The highest BCUT2D eigenvalue weighted by Gasteiger charge is 2.12. The second-order valence-electron chi connectivity index (χ2n) is 4.23. The molecule has 0 saturated carbocycles. The lowest BCUT2D eigenvalue weighted by Crippen LogP contribution is -2.07. The minimum atomic E-state index is 0.362. The van der Waals surface area contributed by atoms with Crippen LogP contribution in [0, 0.1) is 0 Å². The molecule has 2 aromatic heterocycles. The predicted molar refractivity (Wildman–Crippen MR) is 69.1 cm³/mol. The molecule has 0 aromatic carbocycles. The number of hydrogen-bond donors (Lipinski definition) is 1. The summed E-state index contributed by atoms with van der Waals surface area (Å²) >= 11 is 0. The first kappa shape index (κ1) is 11.8. The van der Waals surface area contributed by atoms with Gasteiger partial charge < -0.3 is 5.32 Å². The number of nitrogens with one attached hydrogen (secondary N) is 1. The van der Waals surface area contributed by atoms with Crippen LogP contribution in [-0.2, 0) is 0 Å². The Morgan fingerprint density at radius 1 is 1.35 bits per heavy atom. The van der Waals surface area contributed by atoms with Crippen molar-refractivity contribution in [2.24, 2.45) is 0 Å². The van der Waals surface area contributed by atoms with Gasteiger partial charge in [0, 0.05) is 6.54 Å². The molecule has 1 unspecified atom stereocenters. The van der Waals surface area contributed by atoms with Crippen molar-refractivity contribution in [2.75, 3.05) is 11.9 Å². The number of hydrogen-bond acceptors (Lipinski definition) is 4. The summed E-state index contributed by atoms with van der Waals surface area (Å²) in [5, 5.41) is 8.71. The monoisotopic (exact) mass is 233 g/mol. The van der Waals surface area contributed by atoms with Gasteiger partial charge in [-0.25, -0.2) is 14.6 Å². The van der Waals surface area contributed by atoms with E-state index in [1.54, 1.807) is 6.33 Å². The molecule has 2 heterocycles. The average molecular weight is 233 g/mol. The number of aromatic nitrogens is 4. The lowest BCUT2D eigenvalue weighted by Gasteiger charge is -2.10. The van der Waals surface area contributed by atoms with Gasteiger partial charge in [0.15, 0.2) is 5.65 Å². The first-order valence-corrected chi connectivity index (χ1v) is 6.20. The molecule has 2 aromatic rings. The fourth-order valence-electron chi connectivity index (χ4n) is 1.74. The molecule has 0 saturated heterocycles. The molecule has 1 atom stereocenters. The standard InChI is InChI=1S/C12H19N5/c1-4-6-13-11-10-7-16-17(9(3)5-2)12(10)15-8-14-11/h7-9H,4-6H2,1-3H3,(H,13,14,15). The molecule has 0 radical (unpaired) electrons. The van der Waals surface area contributed by atoms with Gasteiger partial charge in [0.25, 0.3) is 0 Å². The molecule has 0 spiro atoms. The van der Waals surface area contributed by atoms with Crippen molar-refractivity contribution < 1.29 is 0 Å². The zero-order valence-corrected chi connectivity index (χ0v) is 10.6. The second-order valence-corrected chi connectivity index (χ2v) is 4.23. The quantitative estimate of drug-likeness (QED) is 0.862. The molecule has 0 amide bonds. The summed E-state index contributed by atoms with van der Waals surface area (Å²) in [5.74, 6) is 0.881. The lowest BCUT2D eigenvalue weighted by atomic mass is 10.2. The normalized spacial score (nSPS) is 12.9. The summed E-state index contributed by atoms with van der Waals surface area (Å²) < 4.78 is 1.97. The van der Waals surface area contributed by atoms with Crippen molar-refractivity contribution in [2.45, 2.75) is 39.7 Å². The van der Waals surface area contributed by atoms with Crippen molar-refractivity contribution in [3.8, 4) is 0 Å². The molecule has 1 N–H and O–H groups in total. The van der Waals surface area contributed by atoms with E-state index in [1.165, 1.54) is 0 Å². The van der Waals surface area contributed by atoms with E-state index in [2.05, 4.69) is 41.2 Å². The molecule has 92 valence electrons. The molecule has 5 nitrogen and oxygen atoms in total. The van der Waals surface area contributed by atoms with Gasteiger partial charge >= 0.3 is 0 Å². The summed E-state index contributed by atoms with van der Waals surface area (Å²) in [6, 6.07) is 0.362. The second kappa shape index (κ2) is 5.12. The van der Waals surface area contributed by atoms with Gasteiger partial charge in [0.2, 0.25) is 0 Å². The third-order valence-corrected chi connectivity index (χ3v) is 2.94. The Hall–Kier alpha value is -1.65. The number of rotatable bonds is 5. The Labute approximate surface area is 101 Å². The minimum absolute atomic E-state index is 0.362. The fourth-order valence-corrected chi connectivity index (χ4v) is 1.74. The van der Waals surface area contributed by atoms with Crippen molar-refractivity contribution in [1.29, 1.82) is 0 Å². The molecule has 0 fully saturated rings. The van der Waals surface area contributed by atoms with Crippen LogP contribution < -0.4 is 5.32 Å². The fraction of sp³-hybridized carbons (Fsp3) is 0.583. The zero-order valence-electron chi connectivity index (χ0n) is 10.6. The molecule has 5 heteroatoms. The molecular weight excluding hydrogens is 214 g/mol. The molecule has 0 aliphatic carbocycles. The number of fused-ring (bicyclic) bond motifs is 1. The summed E-state index contributed by atoms with van der Waals surface area (Å²) in [4.78, 5) is 8.60. The maximum Gasteiger partial charge on any atom is 0.163 e. The Kier molecular flexibility index (Phi) is 3.56. The van der Waals surface area contributed by atoms with E-state index < -0.39 is 0 Å². The highest BCUT2D eigenvalue weighted by molar-refractivity contribution is 5.86. The lowest BCUT2D eigenvalue weighted by molar-refractivity contribution is 0.489. The highest BCUT2D eigenvalue weighted by atomic mass is 15.3. The summed E-state index contributed by atoms with van der Waals surface area (Å²) in [5.41, 5.74) is 0.910. The maximum atomic E-state index is 4.41. The predicted octanol–water partition coefficient (Wildman–Crippen LogP) is 2.62. The topological polar surface area (TPSA) is 55.6 Å². The highest BCUT2D eigenvalue weighted by Crippen LogP contribution is 2.22. The maximum absolute atomic E-state index is 4.41. The van der Waals surface area contributed by atoms with E-state index in [9.17, 15) is 0 Å². The molecule has 0 bridgehead atoms. The van der Waals surface area contributed by atoms with Crippen LogP contribution >= 0.6 is 0 Å². The molecule has 0 aliphatic heterocycles. The first-order chi connectivity index (χ1) is 8.27. The molecular formula is C12H19N5. The van der Waals surface area contributed by atoms with Crippen LogP contribution in [0.1, 0.15) is 39.7 Å². The Balaban J connectivity index is 2.41. The van der Waals surface area contributed by atoms with Gasteiger partial charge in [-0.2, -0.15) is 5.10 Å². The van der Waals surface area contributed by atoms with Crippen LogP contribution in [0.3, 0.4) is 0 Å². The molecule has 2 rings (SSSR count). The number of anilines is 1. The van der Waals surface area contributed by atoms with Crippen LogP contribution in [0.15, 0.2) is 12.5 Å². The van der Waals surface area contributed by atoms with Crippen molar-refractivity contribution in [1.82, 2.24) is 19.7 Å². The van der Waals surface area contributed by atoms with Gasteiger partial charge in [-0.1, -0.05) is 13.8 Å². The van der Waals surface area contributed by atoms with Crippen LogP contribution in [0.4, 0.5) is 5.82 Å². The van der Waals surface area contributed by atoms with Gasteiger partial charge in [0.05, 0.1) is 17.6 Å². The van der Waals surface area contributed by atoms with Gasteiger partial charge in [0.1, 0.15) is 12.1 Å². The van der Waals surface area contributed by atoms with E-state index in [-0.39, 0.29) is 0 Å². The van der Waals surface area contributed by atoms with Crippen LogP contribution in [0.25, 0.3) is 11.0 Å². The van der Waals surface area contributed by atoms with Crippen LogP contribution in [0.2, 0.25) is 0 Å². The Morgan fingerprint density at radius 3 is 2.88 bits per heavy atom. The van der Waals surface area contributed by atoms with Gasteiger partial charge in [-0.3, -0.25) is 0 Å². The van der Waals surface area contributed by atoms with Crippen molar-refractivity contribution >= 4 is 16.9 Å². The minimum Gasteiger partial charge on any atom is -0.369 e. The third-order valence-electron chi connectivity index (χ3n) is 2.94. The van der Waals surface area contributed by atoms with Crippen molar-refractivity contribution in [3.63, 3.8) is 0 Å². The van der Waals surface area contributed by atoms with Crippen molar-refractivity contribution in [3.05, 3.63) is 12.5 Å². The van der Waals surface area contributed by atoms with E-state index in [4.69, 9.17) is 0 Å². The first-order valence-electron chi connectivity index (χ1n) is 6.20. The molecule has 0 aliphatic rings.